The second kappa shape index (κ2) is 6.57. The number of hydrogen-bond acceptors (Lipinski definition) is 3. The van der Waals surface area contributed by atoms with E-state index in [0.29, 0.717) is 5.92 Å². The standard InChI is InChI=1S/C15H23N3O/c1-4-7-16-10-13-5-6-14(19-13)11-18-9-8-17-15(18)12(2)3/h5-6,8-9,12,16H,4,7,10-11H2,1-3H3. The molecule has 0 aliphatic heterocycles. The van der Waals surface area contributed by atoms with E-state index in [0.717, 1.165) is 43.4 Å². The van der Waals surface area contributed by atoms with Crippen molar-refractivity contribution in [2.45, 2.75) is 46.2 Å². The van der Waals surface area contributed by atoms with Crippen LogP contribution in [0.5, 0.6) is 0 Å². The Bertz CT molecular complexity index is 499. The second-order valence-corrected chi connectivity index (χ2v) is 5.11. The summed E-state index contributed by atoms with van der Waals surface area (Å²) in [6, 6.07) is 4.09. The smallest absolute Gasteiger partial charge is 0.123 e. The maximum atomic E-state index is 5.83. The van der Waals surface area contributed by atoms with Gasteiger partial charge in [0.2, 0.25) is 0 Å². The molecule has 2 aromatic rings. The molecule has 2 heterocycles. The van der Waals surface area contributed by atoms with Crippen LogP contribution < -0.4 is 5.32 Å². The van der Waals surface area contributed by atoms with Crippen LogP contribution in [0, 0.1) is 0 Å². The maximum absolute atomic E-state index is 5.83. The number of rotatable bonds is 7. The van der Waals surface area contributed by atoms with Crippen LogP contribution in [0.2, 0.25) is 0 Å². The number of imidazole rings is 1. The topological polar surface area (TPSA) is 43.0 Å². The van der Waals surface area contributed by atoms with Crippen molar-refractivity contribution in [2.24, 2.45) is 0 Å². The van der Waals surface area contributed by atoms with Gasteiger partial charge in [0, 0.05) is 18.3 Å². The van der Waals surface area contributed by atoms with Crippen molar-refractivity contribution >= 4 is 0 Å². The van der Waals surface area contributed by atoms with Crippen LogP contribution in [0.4, 0.5) is 0 Å². The molecule has 0 atom stereocenters. The van der Waals surface area contributed by atoms with E-state index in [9.17, 15) is 0 Å². The van der Waals surface area contributed by atoms with Crippen molar-refractivity contribution in [3.05, 3.63) is 41.9 Å². The van der Waals surface area contributed by atoms with Crippen molar-refractivity contribution < 1.29 is 4.42 Å². The van der Waals surface area contributed by atoms with E-state index in [1.807, 2.05) is 24.5 Å². The monoisotopic (exact) mass is 261 g/mol. The lowest BCUT2D eigenvalue weighted by atomic mass is 10.2. The minimum absolute atomic E-state index is 0.427. The first kappa shape index (κ1) is 13.9. The molecule has 0 fully saturated rings. The Balaban J connectivity index is 1.97. The average molecular weight is 261 g/mol. The quantitative estimate of drug-likeness (QED) is 0.779. The summed E-state index contributed by atoms with van der Waals surface area (Å²) in [5.74, 6) is 3.50. The molecule has 0 aliphatic carbocycles. The molecule has 0 bridgehead atoms. The summed E-state index contributed by atoms with van der Waals surface area (Å²) in [7, 11) is 0. The fourth-order valence-electron chi connectivity index (χ4n) is 2.11. The third kappa shape index (κ3) is 3.70. The highest BCUT2D eigenvalue weighted by atomic mass is 16.3. The number of aromatic nitrogens is 2. The molecular formula is C15H23N3O. The van der Waals surface area contributed by atoms with Crippen LogP contribution in [0.1, 0.15) is 50.5 Å². The van der Waals surface area contributed by atoms with Crippen LogP contribution in [0.3, 0.4) is 0 Å². The van der Waals surface area contributed by atoms with Gasteiger partial charge in [-0.15, -0.1) is 0 Å². The van der Waals surface area contributed by atoms with Crippen molar-refractivity contribution in [1.29, 1.82) is 0 Å². The van der Waals surface area contributed by atoms with Gasteiger partial charge in [-0.05, 0) is 25.1 Å². The molecule has 0 saturated heterocycles. The van der Waals surface area contributed by atoms with Crippen LogP contribution in [-0.2, 0) is 13.1 Å². The predicted octanol–water partition coefficient (Wildman–Crippen LogP) is 3.15. The molecule has 0 aromatic carbocycles. The predicted molar refractivity (Wildman–Crippen MR) is 76.1 cm³/mol. The third-order valence-electron chi connectivity index (χ3n) is 3.03. The first-order chi connectivity index (χ1) is 9.20. The minimum Gasteiger partial charge on any atom is -0.463 e. The zero-order valence-corrected chi connectivity index (χ0v) is 12.0. The Morgan fingerprint density at radius 3 is 2.84 bits per heavy atom. The second-order valence-electron chi connectivity index (χ2n) is 5.11. The van der Waals surface area contributed by atoms with E-state index in [1.54, 1.807) is 0 Å². The number of nitrogens with one attached hydrogen (secondary N) is 1. The maximum Gasteiger partial charge on any atom is 0.123 e. The molecule has 2 aromatic heterocycles. The molecule has 19 heavy (non-hydrogen) atoms. The van der Waals surface area contributed by atoms with Crippen molar-refractivity contribution in [3.8, 4) is 0 Å². The summed E-state index contributed by atoms with van der Waals surface area (Å²) < 4.78 is 7.97. The number of nitrogens with zero attached hydrogens (tertiary/aromatic N) is 2. The SMILES string of the molecule is CCCNCc1ccc(Cn2ccnc2C(C)C)o1. The molecular weight excluding hydrogens is 238 g/mol. The normalized spacial score (nSPS) is 11.4. The van der Waals surface area contributed by atoms with E-state index >= 15 is 0 Å². The zero-order chi connectivity index (χ0) is 13.7. The summed E-state index contributed by atoms with van der Waals surface area (Å²) in [6.45, 7) is 9.04. The summed E-state index contributed by atoms with van der Waals surface area (Å²) in [5, 5.41) is 3.34. The third-order valence-corrected chi connectivity index (χ3v) is 3.03. The Morgan fingerprint density at radius 2 is 2.11 bits per heavy atom. The summed E-state index contributed by atoms with van der Waals surface area (Å²) in [6.07, 6.45) is 5.00. The van der Waals surface area contributed by atoms with Crippen LogP contribution in [0.15, 0.2) is 28.9 Å². The van der Waals surface area contributed by atoms with Crippen LogP contribution in [-0.4, -0.2) is 16.1 Å². The minimum atomic E-state index is 0.427. The highest BCUT2D eigenvalue weighted by Crippen LogP contribution is 2.15. The lowest BCUT2D eigenvalue weighted by Gasteiger charge is -2.08. The van der Waals surface area contributed by atoms with E-state index < -0.39 is 0 Å². The Labute approximate surface area is 114 Å². The van der Waals surface area contributed by atoms with Gasteiger partial charge in [0.05, 0.1) is 13.1 Å². The van der Waals surface area contributed by atoms with Crippen LogP contribution in [0.25, 0.3) is 0 Å². The average Bonchev–Trinajstić information content (AvgIpc) is 2.99. The lowest BCUT2D eigenvalue weighted by Crippen LogP contribution is -2.13. The molecule has 0 saturated carbocycles. The van der Waals surface area contributed by atoms with Crippen molar-refractivity contribution in [1.82, 2.24) is 14.9 Å². The van der Waals surface area contributed by atoms with Gasteiger partial charge in [-0.2, -0.15) is 0 Å². The van der Waals surface area contributed by atoms with Crippen molar-refractivity contribution in [3.63, 3.8) is 0 Å². The van der Waals surface area contributed by atoms with Gasteiger partial charge in [0.15, 0.2) is 0 Å². The Kier molecular flexibility index (Phi) is 4.80. The molecule has 0 spiro atoms. The number of hydrogen-bond donors (Lipinski definition) is 1. The first-order valence-electron chi connectivity index (χ1n) is 7.00. The van der Waals surface area contributed by atoms with Gasteiger partial charge in [0.1, 0.15) is 17.3 Å². The van der Waals surface area contributed by atoms with Gasteiger partial charge in [0.25, 0.3) is 0 Å². The lowest BCUT2D eigenvalue weighted by molar-refractivity contribution is 0.434. The van der Waals surface area contributed by atoms with E-state index in [1.165, 1.54) is 0 Å². The molecule has 104 valence electrons. The van der Waals surface area contributed by atoms with E-state index in [4.69, 9.17) is 4.42 Å². The van der Waals surface area contributed by atoms with Crippen LogP contribution >= 0.6 is 0 Å². The van der Waals surface area contributed by atoms with E-state index in [-0.39, 0.29) is 0 Å². The fraction of sp³-hybridized carbons (Fsp3) is 0.533. The largest absolute Gasteiger partial charge is 0.463 e. The molecule has 4 heteroatoms. The number of furan rings is 1. The Hall–Kier alpha value is -1.55. The van der Waals surface area contributed by atoms with Crippen molar-refractivity contribution in [2.75, 3.05) is 6.54 Å². The molecule has 2 rings (SSSR count). The van der Waals surface area contributed by atoms with Gasteiger partial charge in [-0.25, -0.2) is 4.98 Å². The fourth-order valence-corrected chi connectivity index (χ4v) is 2.11. The van der Waals surface area contributed by atoms with Gasteiger partial charge < -0.3 is 14.3 Å². The molecule has 0 unspecified atom stereocenters. The molecule has 0 aliphatic rings. The summed E-state index contributed by atoms with van der Waals surface area (Å²) >= 11 is 0. The first-order valence-corrected chi connectivity index (χ1v) is 7.00. The molecule has 0 amide bonds. The van der Waals surface area contributed by atoms with Gasteiger partial charge in [-0.3, -0.25) is 0 Å². The zero-order valence-electron chi connectivity index (χ0n) is 12.0. The molecule has 4 nitrogen and oxygen atoms in total. The highest BCUT2D eigenvalue weighted by Gasteiger charge is 2.09. The summed E-state index contributed by atoms with van der Waals surface area (Å²) in [5.41, 5.74) is 0. The highest BCUT2D eigenvalue weighted by molar-refractivity contribution is 5.09. The van der Waals surface area contributed by atoms with Gasteiger partial charge in [-0.1, -0.05) is 20.8 Å². The molecule has 0 radical (unpaired) electrons. The summed E-state index contributed by atoms with van der Waals surface area (Å²) in [4.78, 5) is 4.39. The van der Waals surface area contributed by atoms with E-state index in [2.05, 4.69) is 35.6 Å². The Morgan fingerprint density at radius 1 is 1.32 bits per heavy atom. The van der Waals surface area contributed by atoms with Gasteiger partial charge >= 0.3 is 0 Å². The molecule has 1 N–H and O–H groups in total.